The molecule has 0 radical (unpaired) electrons. The van der Waals surface area contributed by atoms with Crippen molar-refractivity contribution in [3.63, 3.8) is 0 Å². The van der Waals surface area contributed by atoms with Gasteiger partial charge in [-0.05, 0) is 44.9 Å². The lowest BCUT2D eigenvalue weighted by molar-refractivity contribution is -0.343. The second kappa shape index (κ2) is 35.4. The van der Waals surface area contributed by atoms with Crippen LogP contribution in [0, 0.1) is 0 Å². The Hall–Kier alpha value is -1.47. The summed E-state index contributed by atoms with van der Waals surface area (Å²) in [4.78, 5) is 46.4. The number of esters is 2. The molecule has 0 aliphatic heterocycles. The number of hydrogen-bond acceptors (Lipinski definition) is 8. The van der Waals surface area contributed by atoms with Gasteiger partial charge in [0.15, 0.2) is 6.10 Å². The maximum Gasteiger partial charge on any atom is 0.306 e. The van der Waals surface area contributed by atoms with E-state index >= 15 is 0 Å². The van der Waals surface area contributed by atoms with E-state index in [0.717, 1.165) is 51.4 Å². The molecule has 0 amide bonds. The maximum atomic E-state index is 12.3. The summed E-state index contributed by atoms with van der Waals surface area (Å²) in [7, 11) is -5.25. The first-order chi connectivity index (χ1) is 23.3. The summed E-state index contributed by atoms with van der Waals surface area (Å²) in [6.07, 6.45) is 38.5. The van der Waals surface area contributed by atoms with Crippen molar-refractivity contribution in [2.75, 3.05) is 13.2 Å². The van der Waals surface area contributed by atoms with E-state index in [-0.39, 0.29) is 19.4 Å². The molecule has 9 heteroatoms. The van der Waals surface area contributed by atoms with E-state index in [1.807, 2.05) is 0 Å². The Labute approximate surface area is 294 Å². The van der Waals surface area contributed by atoms with Gasteiger partial charge in [-0.1, -0.05) is 160 Å². The lowest BCUT2D eigenvalue weighted by Crippen LogP contribution is -2.31. The van der Waals surface area contributed by atoms with Gasteiger partial charge in [-0.3, -0.25) is 9.59 Å². The zero-order chi connectivity index (χ0) is 35.4. The Morgan fingerprint density at radius 3 is 1.42 bits per heavy atom. The van der Waals surface area contributed by atoms with Crippen LogP contribution >= 0.6 is 7.82 Å². The highest BCUT2D eigenvalue weighted by molar-refractivity contribution is 7.43. The molecule has 0 aliphatic carbocycles. The molecule has 0 aromatic carbocycles. The van der Waals surface area contributed by atoms with E-state index < -0.39 is 32.5 Å². The molecule has 0 spiro atoms. The smallest absolute Gasteiger partial charge is 0.306 e. The molecule has 0 aromatic heterocycles. The highest BCUT2D eigenvalue weighted by atomic mass is 31.2. The molecule has 0 aromatic rings. The van der Waals surface area contributed by atoms with Gasteiger partial charge >= 0.3 is 11.9 Å². The largest absolute Gasteiger partial charge is 0.790 e. The Morgan fingerprint density at radius 2 is 0.938 bits per heavy atom. The van der Waals surface area contributed by atoms with Gasteiger partial charge < -0.3 is 28.3 Å². The van der Waals surface area contributed by atoms with Crippen LogP contribution in [0.1, 0.15) is 194 Å². The molecule has 0 rings (SSSR count). The molecule has 0 aliphatic rings. The normalized spacial score (nSPS) is 12.7. The summed E-state index contributed by atoms with van der Waals surface area (Å²) < 4.78 is 25.8. The van der Waals surface area contributed by atoms with Crippen molar-refractivity contribution in [1.82, 2.24) is 0 Å². The SMILES string of the molecule is CCCCC/C=C\C/C=C\CCCCCCCC(=O)O[C@H](COC(=O)CCCCCCCCCCCCCCCCC)COP(=O)([O-])[O-]. The van der Waals surface area contributed by atoms with Gasteiger partial charge in [0.1, 0.15) is 6.61 Å². The fourth-order valence-electron chi connectivity index (χ4n) is 5.51. The lowest BCUT2D eigenvalue weighted by Gasteiger charge is -2.30. The summed E-state index contributed by atoms with van der Waals surface area (Å²) in [6.45, 7) is 3.46. The van der Waals surface area contributed by atoms with Crippen molar-refractivity contribution < 1.29 is 37.9 Å². The number of carbonyl (C=O) groups excluding carboxylic acids is 2. The molecule has 0 bridgehead atoms. The Kier molecular flexibility index (Phi) is 34.3. The lowest BCUT2D eigenvalue weighted by atomic mass is 10.0. The topological polar surface area (TPSA) is 125 Å². The number of allylic oxidation sites excluding steroid dienone is 4. The number of phosphoric ester groups is 1. The first kappa shape index (κ1) is 46.5. The van der Waals surface area contributed by atoms with Crippen LogP contribution in [0.2, 0.25) is 0 Å². The third kappa shape index (κ3) is 37.4. The summed E-state index contributed by atoms with van der Waals surface area (Å²) in [5.41, 5.74) is 0. The quantitative estimate of drug-likeness (QED) is 0.0274. The molecule has 1 atom stereocenters. The number of carbonyl (C=O) groups is 2. The number of ether oxygens (including phenoxy) is 2. The molecule has 0 heterocycles. The zero-order valence-corrected chi connectivity index (χ0v) is 31.7. The second-order valence-corrected chi connectivity index (χ2v) is 14.4. The van der Waals surface area contributed by atoms with E-state index in [9.17, 15) is 23.9 Å². The molecule has 0 saturated heterocycles. The predicted molar refractivity (Wildman–Crippen MR) is 193 cm³/mol. The van der Waals surface area contributed by atoms with Gasteiger partial charge in [-0.2, -0.15) is 0 Å². The molecular weight excluding hydrogens is 627 g/mol. The minimum Gasteiger partial charge on any atom is -0.790 e. The summed E-state index contributed by atoms with van der Waals surface area (Å²) in [5.74, 6) is -0.966. The molecule has 0 saturated carbocycles. The van der Waals surface area contributed by atoms with E-state index in [0.29, 0.717) is 12.8 Å². The van der Waals surface area contributed by atoms with Crippen molar-refractivity contribution in [1.29, 1.82) is 0 Å². The van der Waals surface area contributed by atoms with Crippen LogP contribution in [0.15, 0.2) is 24.3 Å². The number of hydrogen-bond donors (Lipinski definition) is 0. The minimum absolute atomic E-state index is 0.167. The number of unbranched alkanes of at least 4 members (excludes halogenated alkanes) is 22. The van der Waals surface area contributed by atoms with E-state index in [2.05, 4.69) is 42.7 Å². The Balaban J connectivity index is 3.95. The predicted octanol–water partition coefficient (Wildman–Crippen LogP) is 10.4. The van der Waals surface area contributed by atoms with E-state index in [4.69, 9.17) is 9.47 Å². The van der Waals surface area contributed by atoms with Crippen molar-refractivity contribution in [2.24, 2.45) is 0 Å². The van der Waals surface area contributed by atoms with Crippen molar-refractivity contribution in [3.8, 4) is 0 Å². The summed E-state index contributed by atoms with van der Waals surface area (Å²) in [5, 5.41) is 0. The Morgan fingerprint density at radius 1 is 0.542 bits per heavy atom. The molecule has 48 heavy (non-hydrogen) atoms. The zero-order valence-electron chi connectivity index (χ0n) is 30.8. The fraction of sp³-hybridized carbons (Fsp3) is 0.846. The van der Waals surface area contributed by atoms with E-state index in [1.54, 1.807) is 0 Å². The average Bonchev–Trinajstić information content (AvgIpc) is 3.05. The van der Waals surface area contributed by atoms with Crippen molar-refractivity contribution in [3.05, 3.63) is 24.3 Å². The molecule has 282 valence electrons. The standard InChI is InChI=1S/C39H73O8P/c1-3-5-7-9-11-13-15-17-19-21-23-25-27-29-31-33-38(40)45-35-37(36-46-48(42,43)44)47-39(41)34-32-30-28-26-24-22-20-18-16-14-12-10-8-6-4-2/h12,14,18,20,37H,3-11,13,15-17,19,21-36H2,1-2H3,(H2,42,43,44)/p-2/b14-12-,20-18-/t37-/m1/s1. The fourth-order valence-corrected chi connectivity index (χ4v) is 5.86. The first-order valence-corrected chi connectivity index (χ1v) is 21.1. The van der Waals surface area contributed by atoms with Crippen LogP contribution in [-0.4, -0.2) is 31.3 Å². The first-order valence-electron chi connectivity index (χ1n) is 19.6. The van der Waals surface area contributed by atoms with Gasteiger partial charge in [-0.25, -0.2) is 0 Å². The highest BCUT2D eigenvalue weighted by Crippen LogP contribution is 2.25. The van der Waals surface area contributed by atoms with E-state index in [1.165, 1.54) is 103 Å². The molecule has 0 unspecified atom stereocenters. The average molecular weight is 699 g/mol. The second-order valence-electron chi connectivity index (χ2n) is 13.2. The van der Waals surface area contributed by atoms with Crippen molar-refractivity contribution in [2.45, 2.75) is 200 Å². The summed E-state index contributed by atoms with van der Waals surface area (Å²) in [6, 6.07) is 0. The molecule has 0 fully saturated rings. The maximum absolute atomic E-state index is 12.3. The highest BCUT2D eigenvalue weighted by Gasteiger charge is 2.18. The van der Waals surface area contributed by atoms with Gasteiger partial charge in [-0.15, -0.1) is 0 Å². The van der Waals surface area contributed by atoms with Crippen LogP contribution in [-0.2, 0) is 28.2 Å². The van der Waals surface area contributed by atoms with Gasteiger partial charge in [0, 0.05) is 12.8 Å². The van der Waals surface area contributed by atoms with Crippen LogP contribution in [0.25, 0.3) is 0 Å². The molecule has 8 nitrogen and oxygen atoms in total. The number of rotatable bonds is 36. The summed E-state index contributed by atoms with van der Waals surface area (Å²) >= 11 is 0. The van der Waals surface area contributed by atoms with Crippen LogP contribution < -0.4 is 9.79 Å². The number of phosphoric acid groups is 1. The molecular formula is C39H71O8P-2. The van der Waals surface area contributed by atoms with Crippen LogP contribution in [0.3, 0.4) is 0 Å². The van der Waals surface area contributed by atoms with Gasteiger partial charge in [0.25, 0.3) is 0 Å². The van der Waals surface area contributed by atoms with Crippen molar-refractivity contribution >= 4 is 19.8 Å². The van der Waals surface area contributed by atoms with Crippen LogP contribution in [0.4, 0.5) is 0 Å². The third-order valence-corrected chi connectivity index (χ3v) is 8.93. The molecule has 0 N–H and O–H groups in total. The van der Waals surface area contributed by atoms with Gasteiger partial charge in [0.05, 0.1) is 14.4 Å². The van der Waals surface area contributed by atoms with Crippen LogP contribution in [0.5, 0.6) is 0 Å². The Bertz CT molecular complexity index is 838. The van der Waals surface area contributed by atoms with Gasteiger partial charge in [0.2, 0.25) is 0 Å². The minimum atomic E-state index is -5.25. The monoisotopic (exact) mass is 698 g/mol. The third-order valence-electron chi connectivity index (χ3n) is 8.46.